The molecule has 0 radical (unpaired) electrons. The van der Waals surface area contributed by atoms with E-state index < -0.39 is 56.2 Å². The molecule has 0 bridgehead atoms. The lowest BCUT2D eigenvalue weighted by molar-refractivity contribution is -0.162. The Balaban J connectivity index is 1.99. The molecule has 230 valence electrons. The normalized spacial score (nSPS) is 12.4. The summed E-state index contributed by atoms with van der Waals surface area (Å²) in [7, 11) is -4.02. The molecule has 2 heterocycles. The maximum Gasteiger partial charge on any atom is 0.361 e. The Morgan fingerprint density at radius 2 is 1.54 bits per heavy atom. The Labute approximate surface area is 239 Å². The molecule has 2 aromatic rings. The minimum atomic E-state index is -4.02. The van der Waals surface area contributed by atoms with Crippen molar-refractivity contribution in [3.8, 4) is 0 Å². The summed E-state index contributed by atoms with van der Waals surface area (Å²) in [5, 5.41) is 0. The highest BCUT2D eigenvalue weighted by Crippen LogP contribution is 2.48. The van der Waals surface area contributed by atoms with Gasteiger partial charge in [0.1, 0.15) is 18.2 Å². The van der Waals surface area contributed by atoms with Crippen LogP contribution < -0.4 is 5.48 Å². The first-order chi connectivity index (χ1) is 19.2. The summed E-state index contributed by atoms with van der Waals surface area (Å²) in [6, 6.07) is 0. The molecule has 0 spiro atoms. The van der Waals surface area contributed by atoms with E-state index in [1.165, 1.54) is 12.7 Å². The van der Waals surface area contributed by atoms with Crippen LogP contribution in [0.25, 0.3) is 11.2 Å². The first-order valence-corrected chi connectivity index (χ1v) is 14.8. The Kier molecular flexibility index (Phi) is 12.8. The van der Waals surface area contributed by atoms with Gasteiger partial charge in [-0.2, -0.15) is 0 Å². The molecule has 0 atom stereocenters. The molecule has 0 aliphatic rings. The third-order valence-electron chi connectivity index (χ3n) is 5.21. The average molecular weight is 602 g/mol. The van der Waals surface area contributed by atoms with Gasteiger partial charge >= 0.3 is 19.5 Å². The topological polar surface area (TPSA) is 179 Å². The lowest BCUT2D eigenvalue weighted by Crippen LogP contribution is -2.25. The monoisotopic (exact) mass is 601 g/mol. The van der Waals surface area contributed by atoms with Gasteiger partial charge in [0.25, 0.3) is 5.91 Å². The number of ether oxygens (including phenoxy) is 3. The molecule has 0 fully saturated rings. The van der Waals surface area contributed by atoms with Crippen LogP contribution in [0.2, 0.25) is 0 Å². The molecule has 0 aromatic carbocycles. The molecule has 2 aromatic heterocycles. The molecule has 1 amide bonds. The third kappa shape index (κ3) is 11.1. The Bertz CT molecular complexity index is 1190. The molecular weight excluding hydrogens is 561 g/mol. The van der Waals surface area contributed by atoms with E-state index in [0.717, 1.165) is 12.8 Å². The fraction of sp³-hybridized carbons (Fsp3) is 0.680. The van der Waals surface area contributed by atoms with E-state index in [0.29, 0.717) is 12.3 Å². The van der Waals surface area contributed by atoms with Gasteiger partial charge in [0, 0.05) is 6.54 Å². The second-order valence-electron chi connectivity index (χ2n) is 11.0. The summed E-state index contributed by atoms with van der Waals surface area (Å²) in [5.41, 5.74) is 1.44. The maximum absolute atomic E-state index is 13.2. The van der Waals surface area contributed by atoms with E-state index in [-0.39, 0.29) is 24.4 Å². The van der Waals surface area contributed by atoms with Gasteiger partial charge < -0.3 is 18.8 Å². The number of nitrogens with zero attached hydrogens (tertiary/aromatic N) is 4. The highest BCUT2D eigenvalue weighted by atomic mass is 31.2. The molecule has 15 nitrogen and oxygen atoms in total. The number of rotatable bonds is 16. The second-order valence-corrected chi connectivity index (χ2v) is 13.0. The predicted molar refractivity (Wildman–Crippen MR) is 145 cm³/mol. The Morgan fingerprint density at radius 3 is 2.10 bits per heavy atom. The number of aromatic nitrogens is 4. The van der Waals surface area contributed by atoms with Gasteiger partial charge in [-0.1, -0.05) is 13.3 Å². The van der Waals surface area contributed by atoms with Crippen LogP contribution in [0.15, 0.2) is 12.7 Å². The predicted octanol–water partition coefficient (Wildman–Crippen LogP) is 3.58. The maximum atomic E-state index is 13.2. The second kappa shape index (κ2) is 15.3. The van der Waals surface area contributed by atoms with Crippen LogP contribution in [-0.2, 0) is 48.8 Å². The number of esters is 2. The summed E-state index contributed by atoms with van der Waals surface area (Å²) in [6.45, 7) is 11.2. The number of hydrogen-bond donors (Lipinski definition) is 1. The van der Waals surface area contributed by atoms with Crippen LogP contribution in [0.1, 0.15) is 71.8 Å². The lowest BCUT2D eigenvalue weighted by atomic mass is 9.98. The van der Waals surface area contributed by atoms with Crippen LogP contribution in [0.3, 0.4) is 0 Å². The number of nitrogens with one attached hydrogen (secondary N) is 1. The van der Waals surface area contributed by atoms with Crippen LogP contribution in [-0.4, -0.2) is 70.5 Å². The molecule has 0 saturated carbocycles. The number of carbonyl (C=O) groups excluding carboxylic acids is 3. The largest absolute Gasteiger partial charge is 0.438 e. The van der Waals surface area contributed by atoms with E-state index in [9.17, 15) is 18.9 Å². The number of unbranched alkanes of at least 4 members (excludes halogenated alkanes) is 1. The quantitative estimate of drug-likeness (QED) is 0.0971. The zero-order chi connectivity index (χ0) is 30.7. The smallest absolute Gasteiger partial charge is 0.361 e. The van der Waals surface area contributed by atoms with Crippen molar-refractivity contribution in [1.29, 1.82) is 0 Å². The number of carbonyl (C=O) groups is 3. The molecule has 41 heavy (non-hydrogen) atoms. The van der Waals surface area contributed by atoms with E-state index in [2.05, 4.69) is 20.4 Å². The molecule has 0 unspecified atom stereocenters. The van der Waals surface area contributed by atoms with Crippen molar-refractivity contribution in [3.05, 3.63) is 18.3 Å². The zero-order valence-electron chi connectivity index (χ0n) is 24.6. The van der Waals surface area contributed by atoms with Crippen LogP contribution >= 0.6 is 7.60 Å². The molecule has 0 saturated heterocycles. The highest BCUT2D eigenvalue weighted by Gasteiger charge is 2.30. The first-order valence-electron chi connectivity index (χ1n) is 13.1. The van der Waals surface area contributed by atoms with Crippen molar-refractivity contribution in [2.45, 2.75) is 67.9 Å². The van der Waals surface area contributed by atoms with Crippen LogP contribution in [0.4, 0.5) is 0 Å². The van der Waals surface area contributed by atoms with Crippen LogP contribution in [0.5, 0.6) is 0 Å². The Hall–Kier alpha value is -2.97. The summed E-state index contributed by atoms with van der Waals surface area (Å²) in [6.07, 6.45) is 3.87. The minimum Gasteiger partial charge on any atom is -0.438 e. The lowest BCUT2D eigenvalue weighted by Gasteiger charge is -2.22. The van der Waals surface area contributed by atoms with Crippen molar-refractivity contribution >= 4 is 36.6 Å². The number of amides is 1. The SMILES string of the molecule is CCCCONC(=O)c1ncnc2c1ncn2CCOCP(=O)(OCOC(=O)C(C)(C)C)OCOC(=O)C(C)(C)C. The molecule has 1 N–H and O–H groups in total. The van der Waals surface area contributed by atoms with Crippen molar-refractivity contribution in [1.82, 2.24) is 25.0 Å². The van der Waals surface area contributed by atoms with Gasteiger partial charge in [0.15, 0.2) is 11.3 Å². The summed E-state index contributed by atoms with van der Waals surface area (Å²) >= 11 is 0. The Morgan fingerprint density at radius 1 is 0.927 bits per heavy atom. The van der Waals surface area contributed by atoms with Gasteiger partial charge in [0.05, 0.1) is 30.4 Å². The van der Waals surface area contributed by atoms with Crippen LogP contribution in [0, 0.1) is 10.8 Å². The number of hydroxylamine groups is 1. The fourth-order valence-corrected chi connectivity index (χ4v) is 3.80. The average Bonchev–Trinajstić information content (AvgIpc) is 3.31. The standard InChI is InChI=1S/C25H40N5O10P/c1-8-9-11-38-29-21(31)19-18-20(27-13-26-19)30(14-28-18)10-12-35-17-41(34,39-15-36-22(32)24(2,3)4)40-16-37-23(33)25(5,6)7/h13-14H,8-12,15-17H2,1-7H3,(H,29,31). The fourth-order valence-electron chi connectivity index (χ4n) is 2.80. The summed E-state index contributed by atoms with van der Waals surface area (Å²) < 4.78 is 40.9. The van der Waals surface area contributed by atoms with Gasteiger partial charge in [0.2, 0.25) is 13.6 Å². The number of fused-ring (bicyclic) bond motifs is 1. The van der Waals surface area contributed by atoms with E-state index >= 15 is 0 Å². The third-order valence-corrected chi connectivity index (χ3v) is 6.71. The minimum absolute atomic E-state index is 0.0113. The van der Waals surface area contributed by atoms with Gasteiger partial charge in [-0.3, -0.25) is 32.8 Å². The summed E-state index contributed by atoms with van der Waals surface area (Å²) in [4.78, 5) is 54.1. The van der Waals surface area contributed by atoms with E-state index in [1.54, 1.807) is 46.1 Å². The summed E-state index contributed by atoms with van der Waals surface area (Å²) in [5.74, 6) is -1.69. The van der Waals surface area contributed by atoms with Crippen molar-refractivity contribution < 1.29 is 47.0 Å². The van der Waals surface area contributed by atoms with Crippen molar-refractivity contribution in [2.75, 3.05) is 33.1 Å². The molecule has 16 heteroatoms. The number of imidazole rings is 1. The molecule has 0 aliphatic carbocycles. The number of hydrogen-bond acceptors (Lipinski definition) is 13. The molecule has 0 aliphatic heterocycles. The van der Waals surface area contributed by atoms with Gasteiger partial charge in [-0.15, -0.1) is 0 Å². The highest BCUT2D eigenvalue weighted by molar-refractivity contribution is 7.53. The van der Waals surface area contributed by atoms with Gasteiger partial charge in [-0.25, -0.2) is 20.4 Å². The molecular formula is C25H40N5O10P. The first kappa shape index (κ1) is 34.2. The molecule has 2 rings (SSSR count). The van der Waals surface area contributed by atoms with Gasteiger partial charge in [-0.05, 0) is 48.0 Å². The van der Waals surface area contributed by atoms with Crippen molar-refractivity contribution in [3.63, 3.8) is 0 Å². The van der Waals surface area contributed by atoms with E-state index in [1.807, 2.05) is 6.92 Å². The van der Waals surface area contributed by atoms with Crippen molar-refractivity contribution in [2.24, 2.45) is 10.8 Å². The van der Waals surface area contributed by atoms with E-state index in [4.69, 9.17) is 28.1 Å². The zero-order valence-corrected chi connectivity index (χ0v) is 25.5.